The van der Waals surface area contributed by atoms with Crippen LogP contribution in [0.15, 0.2) is 24.5 Å². The van der Waals surface area contributed by atoms with E-state index in [0.717, 1.165) is 5.56 Å². The van der Waals surface area contributed by atoms with Gasteiger partial charge in [0.25, 0.3) is 0 Å². The average molecular weight is 288 g/mol. The minimum atomic E-state index is -0.498. The monoisotopic (exact) mass is 288 g/mol. The smallest absolute Gasteiger partial charge is 0.311 e. The molecule has 0 spiro atoms. The second-order valence-corrected chi connectivity index (χ2v) is 4.73. The Kier molecular flexibility index (Phi) is 3.05. The molecule has 0 fully saturated rings. The van der Waals surface area contributed by atoms with Crippen molar-refractivity contribution in [3.05, 3.63) is 40.2 Å². The first-order valence-corrected chi connectivity index (χ1v) is 6.30. The molecule has 0 aliphatic carbocycles. The number of ether oxygens (including phenoxy) is 1. The Hall–Kier alpha value is -2.90. The molecule has 1 amide bonds. The Morgan fingerprint density at radius 3 is 2.90 bits per heavy atom. The van der Waals surface area contributed by atoms with Crippen molar-refractivity contribution in [3.8, 4) is 11.5 Å². The summed E-state index contributed by atoms with van der Waals surface area (Å²) in [6.07, 6.45) is 3.87. The lowest BCUT2D eigenvalue weighted by atomic mass is 10.0. The molecule has 0 saturated carbocycles. The number of amides is 1. The van der Waals surface area contributed by atoms with Gasteiger partial charge in [0.15, 0.2) is 5.75 Å². The van der Waals surface area contributed by atoms with E-state index in [0.29, 0.717) is 24.3 Å². The van der Waals surface area contributed by atoms with E-state index in [9.17, 15) is 14.9 Å². The van der Waals surface area contributed by atoms with Crippen molar-refractivity contribution in [1.29, 1.82) is 0 Å². The lowest BCUT2D eigenvalue weighted by Gasteiger charge is -2.17. The maximum Gasteiger partial charge on any atom is 0.311 e. The predicted octanol–water partition coefficient (Wildman–Crippen LogP) is 2.01. The first-order valence-electron chi connectivity index (χ1n) is 6.30. The molecule has 108 valence electrons. The fourth-order valence-electron chi connectivity index (χ4n) is 2.20. The number of nitro benzene ring substituents is 1. The van der Waals surface area contributed by atoms with Gasteiger partial charge in [-0.25, -0.2) is 0 Å². The van der Waals surface area contributed by atoms with Gasteiger partial charge < -0.3 is 10.1 Å². The summed E-state index contributed by atoms with van der Waals surface area (Å²) in [5.41, 5.74) is 1.16. The summed E-state index contributed by atoms with van der Waals surface area (Å²) < 4.78 is 7.05. The zero-order valence-electron chi connectivity index (χ0n) is 11.2. The molecule has 8 nitrogen and oxygen atoms in total. The van der Waals surface area contributed by atoms with Crippen molar-refractivity contribution < 1.29 is 14.5 Å². The molecule has 1 aromatic heterocycles. The van der Waals surface area contributed by atoms with Crippen LogP contribution in [-0.2, 0) is 18.3 Å². The number of hydrogen-bond acceptors (Lipinski definition) is 5. The standard InChI is InChI=1S/C13H12N4O4/c1-16-7-9(6-14-16)21-12-5-10-8(2-3-13(18)15-10)4-11(12)17(19)20/h4-7H,2-3H2,1H3,(H,15,18). The first-order chi connectivity index (χ1) is 10.0. The minimum Gasteiger partial charge on any atom is -0.447 e. The van der Waals surface area contributed by atoms with Gasteiger partial charge in [-0.3, -0.25) is 19.6 Å². The zero-order valence-corrected chi connectivity index (χ0v) is 11.2. The van der Waals surface area contributed by atoms with Gasteiger partial charge in [-0.2, -0.15) is 5.10 Å². The summed E-state index contributed by atoms with van der Waals surface area (Å²) in [4.78, 5) is 22.1. The number of rotatable bonds is 3. The van der Waals surface area contributed by atoms with E-state index < -0.39 is 4.92 Å². The van der Waals surface area contributed by atoms with Crippen LogP contribution >= 0.6 is 0 Å². The fraction of sp³-hybridized carbons (Fsp3) is 0.231. The number of aryl methyl sites for hydroxylation is 2. The van der Waals surface area contributed by atoms with E-state index in [-0.39, 0.29) is 17.3 Å². The molecule has 8 heteroatoms. The van der Waals surface area contributed by atoms with Gasteiger partial charge in [-0.05, 0) is 12.0 Å². The summed E-state index contributed by atoms with van der Waals surface area (Å²) in [7, 11) is 1.72. The largest absolute Gasteiger partial charge is 0.447 e. The maximum atomic E-state index is 11.4. The third kappa shape index (κ3) is 2.55. The number of aromatic nitrogens is 2. The van der Waals surface area contributed by atoms with E-state index in [4.69, 9.17) is 4.74 Å². The Morgan fingerprint density at radius 2 is 2.24 bits per heavy atom. The van der Waals surface area contributed by atoms with Crippen LogP contribution in [0, 0.1) is 10.1 Å². The Bertz CT molecular complexity index is 738. The summed E-state index contributed by atoms with van der Waals surface area (Å²) in [5, 5.41) is 17.8. The van der Waals surface area contributed by atoms with Crippen LogP contribution in [-0.4, -0.2) is 20.6 Å². The van der Waals surface area contributed by atoms with E-state index in [2.05, 4.69) is 10.4 Å². The van der Waals surface area contributed by atoms with Crippen molar-refractivity contribution in [1.82, 2.24) is 9.78 Å². The highest BCUT2D eigenvalue weighted by Crippen LogP contribution is 2.37. The normalized spacial score (nSPS) is 13.5. The second-order valence-electron chi connectivity index (χ2n) is 4.73. The Balaban J connectivity index is 2.02. The minimum absolute atomic E-state index is 0.0777. The molecule has 0 atom stereocenters. The highest BCUT2D eigenvalue weighted by atomic mass is 16.6. The number of nitro groups is 1. The van der Waals surface area contributed by atoms with Gasteiger partial charge in [0.05, 0.1) is 17.3 Å². The van der Waals surface area contributed by atoms with Crippen LogP contribution in [0.3, 0.4) is 0 Å². The Labute approximate surface area is 119 Å². The SMILES string of the molecule is Cn1cc(Oc2cc3c(cc2[N+](=O)[O-])CCC(=O)N3)cn1. The zero-order chi connectivity index (χ0) is 15.0. The number of benzene rings is 1. The molecule has 0 radical (unpaired) electrons. The summed E-state index contributed by atoms with van der Waals surface area (Å²) in [6.45, 7) is 0. The molecule has 2 aromatic rings. The van der Waals surface area contributed by atoms with Crippen molar-refractivity contribution >= 4 is 17.3 Å². The molecule has 3 rings (SSSR count). The number of fused-ring (bicyclic) bond motifs is 1. The van der Waals surface area contributed by atoms with Crippen LogP contribution in [0.1, 0.15) is 12.0 Å². The number of carbonyl (C=O) groups excluding carboxylic acids is 1. The molecule has 0 unspecified atom stereocenters. The number of anilines is 1. The third-order valence-corrected chi connectivity index (χ3v) is 3.19. The lowest BCUT2D eigenvalue weighted by molar-refractivity contribution is -0.385. The molecular formula is C13H12N4O4. The van der Waals surface area contributed by atoms with E-state index in [1.165, 1.54) is 23.0 Å². The molecule has 0 saturated heterocycles. The average Bonchev–Trinajstić information content (AvgIpc) is 2.83. The number of nitrogens with zero attached hydrogens (tertiary/aromatic N) is 3. The highest BCUT2D eigenvalue weighted by Gasteiger charge is 2.24. The third-order valence-electron chi connectivity index (χ3n) is 3.19. The summed E-state index contributed by atoms with van der Waals surface area (Å²) in [5.74, 6) is 0.361. The van der Waals surface area contributed by atoms with Crippen molar-refractivity contribution in [2.75, 3.05) is 5.32 Å². The van der Waals surface area contributed by atoms with E-state index >= 15 is 0 Å². The van der Waals surface area contributed by atoms with Gasteiger partial charge in [-0.1, -0.05) is 0 Å². The van der Waals surface area contributed by atoms with Crippen LogP contribution in [0.2, 0.25) is 0 Å². The van der Waals surface area contributed by atoms with Crippen molar-refractivity contribution in [2.45, 2.75) is 12.8 Å². The van der Waals surface area contributed by atoms with Crippen molar-refractivity contribution in [3.63, 3.8) is 0 Å². The first kappa shape index (κ1) is 13.1. The molecule has 2 heterocycles. The highest BCUT2D eigenvalue weighted by molar-refractivity contribution is 5.94. The number of nitrogens with one attached hydrogen (secondary N) is 1. The molecule has 1 aliphatic heterocycles. The predicted molar refractivity (Wildman–Crippen MR) is 73.3 cm³/mol. The van der Waals surface area contributed by atoms with Crippen LogP contribution < -0.4 is 10.1 Å². The fourth-order valence-corrected chi connectivity index (χ4v) is 2.20. The summed E-state index contributed by atoms with van der Waals surface area (Å²) in [6, 6.07) is 2.93. The van der Waals surface area contributed by atoms with Gasteiger partial charge in [0.1, 0.15) is 0 Å². The number of carbonyl (C=O) groups is 1. The quantitative estimate of drug-likeness (QED) is 0.688. The second kappa shape index (κ2) is 4.89. The molecule has 21 heavy (non-hydrogen) atoms. The van der Waals surface area contributed by atoms with Crippen molar-refractivity contribution in [2.24, 2.45) is 7.05 Å². The molecule has 1 aromatic carbocycles. The van der Waals surface area contributed by atoms with E-state index in [1.807, 2.05) is 0 Å². The summed E-state index contributed by atoms with van der Waals surface area (Å²) >= 11 is 0. The maximum absolute atomic E-state index is 11.4. The topological polar surface area (TPSA) is 99.3 Å². The van der Waals surface area contributed by atoms with E-state index in [1.54, 1.807) is 13.2 Å². The van der Waals surface area contributed by atoms with Gasteiger partial charge in [-0.15, -0.1) is 0 Å². The van der Waals surface area contributed by atoms with Crippen LogP contribution in [0.5, 0.6) is 11.5 Å². The molecule has 1 N–H and O–H groups in total. The van der Waals surface area contributed by atoms with Crippen LogP contribution in [0.4, 0.5) is 11.4 Å². The van der Waals surface area contributed by atoms with Gasteiger partial charge >= 0.3 is 5.69 Å². The molecule has 1 aliphatic rings. The molecule has 0 bridgehead atoms. The van der Waals surface area contributed by atoms with Crippen LogP contribution in [0.25, 0.3) is 0 Å². The van der Waals surface area contributed by atoms with Gasteiger partial charge in [0, 0.05) is 31.3 Å². The molecular weight excluding hydrogens is 276 g/mol. The lowest BCUT2D eigenvalue weighted by Crippen LogP contribution is -2.19. The van der Waals surface area contributed by atoms with Gasteiger partial charge in [0.2, 0.25) is 11.7 Å². The number of hydrogen-bond donors (Lipinski definition) is 1. The Morgan fingerprint density at radius 1 is 1.43 bits per heavy atom.